The van der Waals surface area contributed by atoms with E-state index in [1.807, 2.05) is 6.07 Å². The second kappa shape index (κ2) is 6.77. The Morgan fingerprint density at radius 3 is 2.80 bits per heavy atom. The van der Waals surface area contributed by atoms with E-state index in [0.717, 1.165) is 53.8 Å². The Hall–Kier alpha value is -1.92. The summed E-state index contributed by atoms with van der Waals surface area (Å²) in [6, 6.07) is 8.47. The summed E-state index contributed by atoms with van der Waals surface area (Å²) in [7, 11) is 1.63. The fourth-order valence-electron chi connectivity index (χ4n) is 3.44. The first-order chi connectivity index (χ1) is 12.1. The van der Waals surface area contributed by atoms with E-state index < -0.39 is 0 Å². The fourth-order valence-corrected chi connectivity index (χ4v) is 3.77. The Kier molecular flexibility index (Phi) is 4.48. The van der Waals surface area contributed by atoms with Crippen molar-refractivity contribution in [2.75, 3.05) is 25.1 Å². The zero-order chi connectivity index (χ0) is 17.4. The normalized spacial score (nSPS) is 17.4. The predicted molar refractivity (Wildman–Crippen MR) is 102 cm³/mol. The Balaban J connectivity index is 1.63. The molecule has 25 heavy (non-hydrogen) atoms. The first-order valence-electron chi connectivity index (χ1n) is 8.47. The number of anilines is 1. The largest absolute Gasteiger partial charge is 0.481 e. The molecule has 0 spiro atoms. The molecule has 4 rings (SSSR count). The average Bonchev–Trinajstić information content (AvgIpc) is 3.05. The van der Waals surface area contributed by atoms with Crippen molar-refractivity contribution in [3.8, 4) is 5.88 Å². The third kappa shape index (κ3) is 3.28. The van der Waals surface area contributed by atoms with Gasteiger partial charge in [0.05, 0.1) is 30.2 Å². The second-order valence-electron chi connectivity index (χ2n) is 6.48. The highest BCUT2D eigenvalue weighted by atomic mass is 79.9. The van der Waals surface area contributed by atoms with Gasteiger partial charge in [0, 0.05) is 35.9 Å². The number of methoxy groups -OCH3 is 1. The lowest BCUT2D eigenvalue weighted by molar-refractivity contribution is 0.145. The lowest BCUT2D eigenvalue weighted by Gasteiger charge is -2.31. The van der Waals surface area contributed by atoms with Gasteiger partial charge in [-0.2, -0.15) is 0 Å². The van der Waals surface area contributed by atoms with E-state index in [1.165, 1.54) is 11.3 Å². The maximum Gasteiger partial charge on any atom is 0.222 e. The van der Waals surface area contributed by atoms with E-state index >= 15 is 0 Å². The van der Waals surface area contributed by atoms with Crippen LogP contribution in [0.5, 0.6) is 5.88 Å². The molecule has 1 aromatic carbocycles. The van der Waals surface area contributed by atoms with Crippen molar-refractivity contribution < 1.29 is 9.84 Å². The molecule has 5 nitrogen and oxygen atoms in total. The number of pyridine rings is 1. The summed E-state index contributed by atoms with van der Waals surface area (Å²) >= 11 is 3.48. The van der Waals surface area contributed by atoms with E-state index in [-0.39, 0.29) is 6.10 Å². The number of nitrogens with zero attached hydrogens (tertiary/aromatic N) is 3. The van der Waals surface area contributed by atoms with Crippen LogP contribution in [0.25, 0.3) is 0 Å². The van der Waals surface area contributed by atoms with E-state index in [1.54, 1.807) is 13.3 Å². The van der Waals surface area contributed by atoms with Crippen molar-refractivity contribution in [3.05, 3.63) is 46.1 Å². The molecule has 2 aliphatic rings. The number of aliphatic imine (C=N–C) groups is 1. The number of benzene rings is 1. The fraction of sp³-hybridized carbons (Fsp3) is 0.368. The number of rotatable bonds is 3. The van der Waals surface area contributed by atoms with Crippen LogP contribution in [-0.2, 0) is 6.42 Å². The molecule has 130 valence electrons. The van der Waals surface area contributed by atoms with E-state index in [4.69, 9.17) is 9.73 Å². The molecule has 2 aromatic rings. The van der Waals surface area contributed by atoms with Gasteiger partial charge in [-0.25, -0.2) is 4.98 Å². The predicted octanol–water partition coefficient (Wildman–Crippen LogP) is 3.49. The van der Waals surface area contributed by atoms with Crippen LogP contribution >= 0.6 is 15.9 Å². The molecule has 1 aromatic heterocycles. The number of aliphatic hydroxyl groups excluding tert-OH is 1. The van der Waals surface area contributed by atoms with Gasteiger partial charge in [0.25, 0.3) is 0 Å². The average molecular weight is 402 g/mol. The third-order valence-electron chi connectivity index (χ3n) is 4.83. The second-order valence-corrected chi connectivity index (χ2v) is 7.39. The van der Waals surface area contributed by atoms with Crippen LogP contribution in [0.3, 0.4) is 0 Å². The quantitative estimate of drug-likeness (QED) is 0.854. The number of halogens is 1. The zero-order valence-electron chi connectivity index (χ0n) is 14.1. The molecule has 0 saturated carbocycles. The number of piperidine rings is 1. The van der Waals surface area contributed by atoms with Gasteiger partial charge < -0.3 is 14.7 Å². The number of fused-ring (bicyclic) bond motifs is 1. The van der Waals surface area contributed by atoms with Gasteiger partial charge in [0.15, 0.2) is 0 Å². The minimum Gasteiger partial charge on any atom is -0.481 e. The zero-order valence-corrected chi connectivity index (χ0v) is 15.7. The van der Waals surface area contributed by atoms with Crippen molar-refractivity contribution in [3.63, 3.8) is 0 Å². The maximum atomic E-state index is 9.69. The summed E-state index contributed by atoms with van der Waals surface area (Å²) in [6.45, 7) is 1.78. The van der Waals surface area contributed by atoms with Crippen molar-refractivity contribution in [1.82, 2.24) is 4.98 Å². The van der Waals surface area contributed by atoms with Crippen molar-refractivity contribution >= 4 is 33.0 Å². The van der Waals surface area contributed by atoms with Gasteiger partial charge in [-0.3, -0.25) is 4.99 Å². The Morgan fingerprint density at radius 2 is 2.04 bits per heavy atom. The first kappa shape index (κ1) is 16.5. The van der Waals surface area contributed by atoms with Crippen molar-refractivity contribution in [2.45, 2.75) is 25.4 Å². The summed E-state index contributed by atoms with van der Waals surface area (Å²) in [5.74, 6) is 0.597. The summed E-state index contributed by atoms with van der Waals surface area (Å²) in [5.41, 5.74) is 5.32. The van der Waals surface area contributed by atoms with Crippen LogP contribution in [-0.4, -0.2) is 42.1 Å². The summed E-state index contributed by atoms with van der Waals surface area (Å²) in [6.07, 6.45) is 4.00. The van der Waals surface area contributed by atoms with Gasteiger partial charge >= 0.3 is 0 Å². The minimum atomic E-state index is -0.160. The molecule has 0 radical (unpaired) electrons. The van der Waals surface area contributed by atoms with E-state index in [0.29, 0.717) is 5.88 Å². The highest BCUT2D eigenvalue weighted by Crippen LogP contribution is 2.35. The molecule has 3 heterocycles. The van der Waals surface area contributed by atoms with Gasteiger partial charge in [-0.15, -0.1) is 0 Å². The topological polar surface area (TPSA) is 58.0 Å². The Labute approximate surface area is 155 Å². The van der Waals surface area contributed by atoms with Gasteiger partial charge in [0.2, 0.25) is 5.88 Å². The number of aromatic nitrogens is 1. The monoisotopic (exact) mass is 401 g/mol. The first-order valence-corrected chi connectivity index (χ1v) is 9.27. The summed E-state index contributed by atoms with van der Waals surface area (Å²) < 4.78 is 6.31. The number of hydrogen-bond donors (Lipinski definition) is 1. The number of aliphatic hydroxyl groups is 1. The Bertz CT molecular complexity index is 829. The van der Waals surface area contributed by atoms with Crippen LogP contribution in [0.4, 0.5) is 11.4 Å². The molecule has 1 N–H and O–H groups in total. The molecule has 0 atom stereocenters. The smallest absolute Gasteiger partial charge is 0.222 e. The standard InChI is InChI=1S/C19H20BrN3O2/c1-25-19-16(9-13(20)11-21-19)18-8-12-2-3-14(10-17(12)22-18)23-6-4-15(24)5-7-23/h2-3,9-11,15,24H,4-8H2,1H3. The van der Waals surface area contributed by atoms with Crippen LogP contribution < -0.4 is 9.64 Å². The molecule has 2 aliphatic heterocycles. The summed E-state index contributed by atoms with van der Waals surface area (Å²) in [5, 5.41) is 9.69. The lowest BCUT2D eigenvalue weighted by atomic mass is 10.0. The minimum absolute atomic E-state index is 0.160. The van der Waals surface area contributed by atoms with Gasteiger partial charge in [-0.1, -0.05) is 6.07 Å². The Morgan fingerprint density at radius 1 is 1.24 bits per heavy atom. The maximum absolute atomic E-state index is 9.69. The van der Waals surface area contributed by atoms with Crippen LogP contribution in [0, 0.1) is 0 Å². The van der Waals surface area contributed by atoms with Crippen LogP contribution in [0.1, 0.15) is 24.0 Å². The van der Waals surface area contributed by atoms with E-state index in [9.17, 15) is 5.11 Å². The molecule has 6 heteroatoms. The molecule has 1 fully saturated rings. The number of hydrogen-bond acceptors (Lipinski definition) is 5. The third-order valence-corrected chi connectivity index (χ3v) is 5.27. The highest BCUT2D eigenvalue weighted by molar-refractivity contribution is 9.10. The van der Waals surface area contributed by atoms with Crippen LogP contribution in [0.2, 0.25) is 0 Å². The van der Waals surface area contributed by atoms with Crippen molar-refractivity contribution in [2.24, 2.45) is 4.99 Å². The van der Waals surface area contributed by atoms with E-state index in [2.05, 4.69) is 44.0 Å². The van der Waals surface area contributed by atoms with Gasteiger partial charge in [0.1, 0.15) is 0 Å². The van der Waals surface area contributed by atoms with Gasteiger partial charge in [-0.05, 0) is 52.5 Å². The van der Waals surface area contributed by atoms with Crippen LogP contribution in [0.15, 0.2) is 39.9 Å². The molecular weight excluding hydrogens is 382 g/mol. The molecule has 0 bridgehead atoms. The lowest BCUT2D eigenvalue weighted by Crippen LogP contribution is -2.35. The molecule has 1 saturated heterocycles. The molecule has 0 amide bonds. The SMILES string of the molecule is COc1ncc(Br)cc1C1=Nc2cc(N3CCC(O)CC3)ccc2C1. The van der Waals surface area contributed by atoms with Crippen molar-refractivity contribution in [1.29, 1.82) is 0 Å². The summed E-state index contributed by atoms with van der Waals surface area (Å²) in [4.78, 5) is 11.5. The highest BCUT2D eigenvalue weighted by Gasteiger charge is 2.22. The molecular formula is C19H20BrN3O2. The molecule has 0 unspecified atom stereocenters. The molecule has 0 aliphatic carbocycles. The number of ether oxygens (including phenoxy) is 1.